The summed E-state index contributed by atoms with van der Waals surface area (Å²) < 4.78 is 14.4. The number of rotatable bonds is 2. The summed E-state index contributed by atoms with van der Waals surface area (Å²) in [6.45, 7) is 2.12. The molecule has 0 bridgehead atoms. The second kappa shape index (κ2) is 5.15. The van der Waals surface area contributed by atoms with Crippen molar-refractivity contribution in [3.8, 4) is 0 Å². The zero-order valence-corrected chi connectivity index (χ0v) is 10.9. The highest BCUT2D eigenvalue weighted by atomic mass is 79.9. The summed E-state index contributed by atoms with van der Waals surface area (Å²) >= 11 is 3.36. The molecule has 0 aromatic heterocycles. The van der Waals surface area contributed by atoms with Gasteiger partial charge < -0.3 is 10.2 Å². The molecule has 1 aromatic rings. The second-order valence-electron chi connectivity index (χ2n) is 4.37. The Morgan fingerprint density at radius 3 is 3.06 bits per heavy atom. The lowest BCUT2D eigenvalue weighted by molar-refractivity contribution is 0.260. The van der Waals surface area contributed by atoms with E-state index in [9.17, 15) is 4.39 Å². The number of hydrogen-bond donors (Lipinski definition) is 1. The van der Waals surface area contributed by atoms with E-state index in [-0.39, 0.29) is 5.82 Å². The van der Waals surface area contributed by atoms with Crippen LogP contribution in [0.5, 0.6) is 0 Å². The van der Waals surface area contributed by atoms with Gasteiger partial charge in [-0.2, -0.15) is 0 Å². The molecule has 1 atom stereocenters. The van der Waals surface area contributed by atoms with Crippen LogP contribution in [-0.4, -0.2) is 31.1 Å². The third-order valence-corrected chi connectivity index (χ3v) is 3.41. The van der Waals surface area contributed by atoms with Crippen molar-refractivity contribution in [1.82, 2.24) is 4.90 Å². The molecule has 1 heterocycles. The summed E-state index contributed by atoms with van der Waals surface area (Å²) in [4.78, 5) is 2.27. The first-order chi connectivity index (χ1) is 7.65. The Hall–Kier alpha value is -0.610. The number of nitrogens with one attached hydrogen (secondary N) is 1. The van der Waals surface area contributed by atoms with Gasteiger partial charge in [-0.25, -0.2) is 4.39 Å². The van der Waals surface area contributed by atoms with Gasteiger partial charge in [-0.1, -0.05) is 15.9 Å². The van der Waals surface area contributed by atoms with Crippen LogP contribution in [0.1, 0.15) is 12.8 Å². The molecule has 1 N–H and O–H groups in total. The fourth-order valence-corrected chi connectivity index (χ4v) is 2.47. The first-order valence-electron chi connectivity index (χ1n) is 5.55. The molecule has 1 unspecified atom stereocenters. The molecular formula is C12H16BrFN2. The summed E-state index contributed by atoms with van der Waals surface area (Å²) in [5, 5.41) is 3.27. The van der Waals surface area contributed by atoms with Gasteiger partial charge in [0.1, 0.15) is 5.82 Å². The van der Waals surface area contributed by atoms with Crippen molar-refractivity contribution >= 4 is 21.6 Å². The lowest BCUT2D eigenvalue weighted by Crippen LogP contribution is -2.39. The lowest BCUT2D eigenvalue weighted by atomic mass is 10.1. The van der Waals surface area contributed by atoms with Crippen molar-refractivity contribution in [3.63, 3.8) is 0 Å². The van der Waals surface area contributed by atoms with Gasteiger partial charge in [-0.15, -0.1) is 0 Å². The molecule has 1 aliphatic heterocycles. The van der Waals surface area contributed by atoms with Crippen LogP contribution in [0.4, 0.5) is 10.1 Å². The predicted octanol–water partition coefficient (Wildman–Crippen LogP) is 3.09. The van der Waals surface area contributed by atoms with E-state index in [1.54, 1.807) is 12.1 Å². The van der Waals surface area contributed by atoms with E-state index in [2.05, 4.69) is 33.2 Å². The zero-order chi connectivity index (χ0) is 11.5. The summed E-state index contributed by atoms with van der Waals surface area (Å²) in [6, 6.07) is 5.35. The van der Waals surface area contributed by atoms with Gasteiger partial charge >= 0.3 is 0 Å². The van der Waals surface area contributed by atoms with Gasteiger partial charge in [-0.3, -0.25) is 0 Å². The minimum Gasteiger partial charge on any atom is -0.379 e. The SMILES string of the molecule is CN1CCCC(Nc2cc(Br)ccc2F)C1. The average Bonchev–Trinajstić information content (AvgIpc) is 2.24. The highest BCUT2D eigenvalue weighted by molar-refractivity contribution is 9.10. The van der Waals surface area contributed by atoms with Crippen molar-refractivity contribution in [2.75, 3.05) is 25.5 Å². The van der Waals surface area contributed by atoms with Crippen LogP contribution in [0.15, 0.2) is 22.7 Å². The van der Waals surface area contributed by atoms with E-state index in [0.29, 0.717) is 11.7 Å². The summed E-state index contributed by atoms with van der Waals surface area (Å²) in [5.41, 5.74) is 0.592. The molecule has 1 aromatic carbocycles. The Bertz CT molecular complexity index is 370. The Morgan fingerprint density at radius 2 is 2.31 bits per heavy atom. The van der Waals surface area contributed by atoms with Gasteiger partial charge in [0.25, 0.3) is 0 Å². The van der Waals surface area contributed by atoms with E-state index in [4.69, 9.17) is 0 Å². The quantitative estimate of drug-likeness (QED) is 0.899. The van der Waals surface area contributed by atoms with Crippen LogP contribution < -0.4 is 5.32 Å². The fraction of sp³-hybridized carbons (Fsp3) is 0.500. The van der Waals surface area contributed by atoms with Crippen molar-refractivity contribution < 1.29 is 4.39 Å². The van der Waals surface area contributed by atoms with E-state index in [1.165, 1.54) is 12.5 Å². The summed E-state index contributed by atoms with van der Waals surface area (Å²) in [5.74, 6) is -0.184. The molecule has 2 nitrogen and oxygen atoms in total. The molecule has 16 heavy (non-hydrogen) atoms. The monoisotopic (exact) mass is 286 g/mol. The minimum absolute atomic E-state index is 0.184. The third kappa shape index (κ3) is 2.95. The minimum atomic E-state index is -0.184. The molecular weight excluding hydrogens is 271 g/mol. The van der Waals surface area contributed by atoms with Crippen molar-refractivity contribution in [2.24, 2.45) is 0 Å². The van der Waals surface area contributed by atoms with Gasteiger partial charge in [0.15, 0.2) is 0 Å². The molecule has 1 saturated heterocycles. The summed E-state index contributed by atoms with van der Waals surface area (Å²) in [7, 11) is 2.10. The predicted molar refractivity (Wildman–Crippen MR) is 68.2 cm³/mol. The van der Waals surface area contributed by atoms with E-state index in [1.807, 2.05) is 0 Å². The van der Waals surface area contributed by atoms with Crippen molar-refractivity contribution in [1.29, 1.82) is 0 Å². The molecule has 0 amide bonds. The lowest BCUT2D eigenvalue weighted by Gasteiger charge is -2.31. The first-order valence-corrected chi connectivity index (χ1v) is 6.34. The zero-order valence-electron chi connectivity index (χ0n) is 9.34. The molecule has 0 radical (unpaired) electrons. The van der Waals surface area contributed by atoms with Crippen LogP contribution in [0, 0.1) is 5.82 Å². The maximum Gasteiger partial charge on any atom is 0.146 e. The highest BCUT2D eigenvalue weighted by Gasteiger charge is 2.17. The Labute approximate surface area is 104 Å². The molecule has 0 spiro atoms. The standard InChI is InChI=1S/C12H16BrFN2/c1-16-6-2-3-10(8-16)15-12-7-9(13)4-5-11(12)14/h4-5,7,10,15H,2-3,6,8H2,1H3. The van der Waals surface area contributed by atoms with Gasteiger partial charge in [0, 0.05) is 17.1 Å². The van der Waals surface area contributed by atoms with Gasteiger partial charge in [-0.05, 0) is 44.6 Å². The molecule has 1 aliphatic rings. The first kappa shape index (κ1) is 11.9. The smallest absolute Gasteiger partial charge is 0.146 e. The number of benzene rings is 1. The van der Waals surface area contributed by atoms with Crippen molar-refractivity contribution in [3.05, 3.63) is 28.5 Å². The molecule has 0 aliphatic carbocycles. The van der Waals surface area contributed by atoms with E-state index >= 15 is 0 Å². The number of piperidine rings is 1. The number of hydrogen-bond acceptors (Lipinski definition) is 2. The second-order valence-corrected chi connectivity index (χ2v) is 5.29. The van der Waals surface area contributed by atoms with Crippen LogP contribution in [-0.2, 0) is 0 Å². The van der Waals surface area contributed by atoms with Crippen LogP contribution in [0.2, 0.25) is 0 Å². The molecule has 2 rings (SSSR count). The molecule has 4 heteroatoms. The topological polar surface area (TPSA) is 15.3 Å². The van der Waals surface area contributed by atoms with Crippen LogP contribution in [0.25, 0.3) is 0 Å². The number of likely N-dealkylation sites (tertiary alicyclic amines) is 1. The highest BCUT2D eigenvalue weighted by Crippen LogP contribution is 2.22. The summed E-state index contributed by atoms with van der Waals surface area (Å²) in [6.07, 6.45) is 2.28. The molecule has 1 fully saturated rings. The maximum absolute atomic E-state index is 13.5. The van der Waals surface area contributed by atoms with Gasteiger partial charge in [0.2, 0.25) is 0 Å². The van der Waals surface area contributed by atoms with E-state index < -0.39 is 0 Å². The number of halogens is 2. The largest absolute Gasteiger partial charge is 0.379 e. The molecule has 88 valence electrons. The fourth-order valence-electron chi connectivity index (χ4n) is 2.11. The number of likely N-dealkylation sites (N-methyl/N-ethyl adjacent to an activating group) is 1. The number of nitrogens with zero attached hydrogens (tertiary/aromatic N) is 1. The Kier molecular flexibility index (Phi) is 3.82. The van der Waals surface area contributed by atoms with Gasteiger partial charge in [0.05, 0.1) is 5.69 Å². The third-order valence-electron chi connectivity index (χ3n) is 2.91. The van der Waals surface area contributed by atoms with Crippen LogP contribution in [0.3, 0.4) is 0 Å². The van der Waals surface area contributed by atoms with Crippen molar-refractivity contribution in [2.45, 2.75) is 18.9 Å². The molecule has 0 saturated carbocycles. The average molecular weight is 287 g/mol. The Balaban J connectivity index is 2.05. The normalized spacial score (nSPS) is 22.1. The maximum atomic E-state index is 13.5. The Morgan fingerprint density at radius 1 is 1.50 bits per heavy atom. The number of anilines is 1. The van der Waals surface area contributed by atoms with Crippen LogP contribution >= 0.6 is 15.9 Å². The van der Waals surface area contributed by atoms with E-state index in [0.717, 1.165) is 24.0 Å².